The Hall–Kier alpha value is -1.56. The van der Waals surface area contributed by atoms with Gasteiger partial charge in [-0.3, -0.25) is 0 Å². The molecule has 0 saturated carbocycles. The Morgan fingerprint density at radius 1 is 1.62 bits per heavy atom. The second kappa shape index (κ2) is 3.44. The molecule has 13 heavy (non-hydrogen) atoms. The molecule has 0 radical (unpaired) electrons. The molecule has 2 rings (SSSR count). The number of nitrogens with one attached hydrogen (secondary N) is 1. The molecule has 6 heteroatoms. The summed E-state index contributed by atoms with van der Waals surface area (Å²) in [7, 11) is 0. The molecule has 0 bridgehead atoms. The zero-order valence-electron chi connectivity index (χ0n) is 6.73. The summed E-state index contributed by atoms with van der Waals surface area (Å²) in [5.74, 6) is 0.305. The van der Waals surface area contributed by atoms with Crippen molar-refractivity contribution in [1.82, 2.24) is 9.36 Å². The van der Waals surface area contributed by atoms with Gasteiger partial charge in [0.25, 0.3) is 0 Å². The largest absolute Gasteiger partial charge is 0.472 e. The third kappa shape index (κ3) is 1.97. The predicted molar refractivity (Wildman–Crippen MR) is 50.4 cm³/mol. The van der Waals surface area contributed by atoms with E-state index in [4.69, 9.17) is 10.2 Å². The smallest absolute Gasteiger partial charge is 0.233 e. The first-order valence-corrected chi connectivity index (χ1v) is 4.46. The van der Waals surface area contributed by atoms with Gasteiger partial charge in [-0.05, 0) is 6.07 Å². The second-order valence-corrected chi connectivity index (χ2v) is 3.19. The summed E-state index contributed by atoms with van der Waals surface area (Å²) in [6, 6.07) is 1.89. The first-order valence-electron chi connectivity index (χ1n) is 3.69. The first-order chi connectivity index (χ1) is 6.34. The van der Waals surface area contributed by atoms with E-state index in [2.05, 4.69) is 14.7 Å². The van der Waals surface area contributed by atoms with Crippen LogP contribution in [0.3, 0.4) is 0 Å². The van der Waals surface area contributed by atoms with Gasteiger partial charge in [-0.25, -0.2) is 0 Å². The van der Waals surface area contributed by atoms with Crippen molar-refractivity contribution in [2.45, 2.75) is 6.54 Å². The maximum absolute atomic E-state index is 5.36. The van der Waals surface area contributed by atoms with Gasteiger partial charge in [-0.2, -0.15) is 9.36 Å². The van der Waals surface area contributed by atoms with Crippen molar-refractivity contribution in [2.75, 3.05) is 11.1 Å². The normalized spacial score (nSPS) is 10.2. The van der Waals surface area contributed by atoms with E-state index >= 15 is 0 Å². The molecule has 0 aliphatic rings. The molecule has 0 unspecified atom stereocenters. The van der Waals surface area contributed by atoms with Gasteiger partial charge < -0.3 is 15.5 Å². The third-order valence-corrected chi connectivity index (χ3v) is 2.15. The molecular formula is C7H8N4OS. The van der Waals surface area contributed by atoms with Gasteiger partial charge >= 0.3 is 0 Å². The Morgan fingerprint density at radius 2 is 2.54 bits per heavy atom. The Bertz CT molecular complexity index is 370. The average molecular weight is 196 g/mol. The summed E-state index contributed by atoms with van der Waals surface area (Å²) in [5.41, 5.74) is 6.42. The molecule has 0 aliphatic carbocycles. The minimum Gasteiger partial charge on any atom is -0.472 e. The van der Waals surface area contributed by atoms with Gasteiger partial charge in [0.1, 0.15) is 0 Å². The van der Waals surface area contributed by atoms with E-state index in [1.54, 1.807) is 12.5 Å². The highest BCUT2D eigenvalue weighted by Crippen LogP contribution is 2.13. The fraction of sp³-hybridized carbons (Fsp3) is 0.143. The van der Waals surface area contributed by atoms with Crippen molar-refractivity contribution in [2.24, 2.45) is 0 Å². The molecule has 0 aliphatic heterocycles. The Kier molecular flexibility index (Phi) is 2.13. The number of furan rings is 1. The molecule has 0 saturated heterocycles. The van der Waals surface area contributed by atoms with Crippen molar-refractivity contribution in [3.05, 3.63) is 24.2 Å². The van der Waals surface area contributed by atoms with Gasteiger partial charge in [0.05, 0.1) is 12.5 Å². The van der Waals surface area contributed by atoms with E-state index in [1.165, 1.54) is 11.5 Å². The lowest BCUT2D eigenvalue weighted by Gasteiger charge is -1.96. The van der Waals surface area contributed by atoms with E-state index in [0.717, 1.165) is 10.7 Å². The van der Waals surface area contributed by atoms with Gasteiger partial charge in [0.15, 0.2) is 0 Å². The number of rotatable bonds is 3. The third-order valence-electron chi connectivity index (χ3n) is 1.47. The van der Waals surface area contributed by atoms with Crippen LogP contribution in [0.15, 0.2) is 23.0 Å². The standard InChI is InChI=1S/C7H8N4OS/c8-6-10-7(13-11-6)9-3-5-1-2-12-4-5/h1-2,4H,3H2,(H3,8,9,10,11). The minimum absolute atomic E-state index is 0.305. The van der Waals surface area contributed by atoms with Crippen LogP contribution in [0.4, 0.5) is 11.1 Å². The van der Waals surface area contributed by atoms with Crippen LogP contribution in [0.5, 0.6) is 0 Å². The maximum atomic E-state index is 5.36. The van der Waals surface area contributed by atoms with Crippen LogP contribution in [-0.4, -0.2) is 9.36 Å². The lowest BCUT2D eigenvalue weighted by atomic mass is 10.3. The quantitative estimate of drug-likeness (QED) is 0.774. The molecule has 68 valence electrons. The van der Waals surface area contributed by atoms with Crippen LogP contribution < -0.4 is 11.1 Å². The molecular weight excluding hydrogens is 188 g/mol. The summed E-state index contributed by atoms with van der Waals surface area (Å²) < 4.78 is 8.75. The monoisotopic (exact) mass is 196 g/mol. The van der Waals surface area contributed by atoms with Crippen molar-refractivity contribution < 1.29 is 4.42 Å². The second-order valence-electron chi connectivity index (χ2n) is 2.44. The van der Waals surface area contributed by atoms with Crippen LogP contribution in [0.2, 0.25) is 0 Å². The number of hydrogen-bond donors (Lipinski definition) is 2. The lowest BCUT2D eigenvalue weighted by Crippen LogP contribution is -1.97. The number of aromatic nitrogens is 2. The Morgan fingerprint density at radius 3 is 3.15 bits per heavy atom. The number of nitrogens with zero attached hydrogens (tertiary/aromatic N) is 2. The van der Waals surface area contributed by atoms with E-state index < -0.39 is 0 Å². The summed E-state index contributed by atoms with van der Waals surface area (Å²) in [4.78, 5) is 3.95. The summed E-state index contributed by atoms with van der Waals surface area (Å²) in [6.45, 7) is 0.672. The van der Waals surface area contributed by atoms with E-state index in [1.807, 2.05) is 6.07 Å². The van der Waals surface area contributed by atoms with Crippen LogP contribution in [0.25, 0.3) is 0 Å². The summed E-state index contributed by atoms with van der Waals surface area (Å²) in [6.07, 6.45) is 3.31. The molecule has 3 N–H and O–H groups in total. The SMILES string of the molecule is Nc1nsc(NCc2ccoc2)n1. The fourth-order valence-corrected chi connectivity index (χ4v) is 1.37. The van der Waals surface area contributed by atoms with Crippen LogP contribution >= 0.6 is 11.5 Å². The minimum atomic E-state index is 0.305. The zero-order chi connectivity index (χ0) is 9.10. The first kappa shape index (κ1) is 8.06. The van der Waals surface area contributed by atoms with E-state index in [9.17, 15) is 0 Å². The highest BCUT2D eigenvalue weighted by molar-refractivity contribution is 7.09. The predicted octanol–water partition coefficient (Wildman–Crippen LogP) is 1.33. The highest BCUT2D eigenvalue weighted by atomic mass is 32.1. The van der Waals surface area contributed by atoms with Crippen LogP contribution in [0.1, 0.15) is 5.56 Å². The van der Waals surface area contributed by atoms with Gasteiger partial charge in [0, 0.05) is 23.6 Å². The zero-order valence-corrected chi connectivity index (χ0v) is 7.54. The summed E-state index contributed by atoms with van der Waals surface area (Å²) >= 11 is 1.24. The number of nitrogen functional groups attached to an aromatic ring is 1. The molecule has 2 aromatic rings. The van der Waals surface area contributed by atoms with Crippen molar-refractivity contribution in [3.63, 3.8) is 0 Å². The van der Waals surface area contributed by atoms with E-state index in [0.29, 0.717) is 12.5 Å². The highest BCUT2D eigenvalue weighted by Gasteiger charge is 1.99. The average Bonchev–Trinajstić information content (AvgIpc) is 2.71. The molecule has 0 atom stereocenters. The van der Waals surface area contributed by atoms with Gasteiger partial charge in [-0.15, -0.1) is 0 Å². The Labute approximate surface area is 78.8 Å². The summed E-state index contributed by atoms with van der Waals surface area (Å²) in [5, 5.41) is 3.79. The van der Waals surface area contributed by atoms with Crippen molar-refractivity contribution in [3.8, 4) is 0 Å². The lowest BCUT2D eigenvalue weighted by molar-refractivity contribution is 0.564. The van der Waals surface area contributed by atoms with Crippen molar-refractivity contribution >= 4 is 22.6 Å². The molecule has 2 heterocycles. The van der Waals surface area contributed by atoms with Crippen LogP contribution in [-0.2, 0) is 6.54 Å². The number of anilines is 2. The number of hydrogen-bond acceptors (Lipinski definition) is 6. The molecule has 0 aromatic carbocycles. The molecule has 0 amide bonds. The molecule has 0 spiro atoms. The molecule has 2 aromatic heterocycles. The van der Waals surface area contributed by atoms with Crippen molar-refractivity contribution in [1.29, 1.82) is 0 Å². The van der Waals surface area contributed by atoms with Crippen LogP contribution in [0, 0.1) is 0 Å². The molecule has 0 fully saturated rings. The van der Waals surface area contributed by atoms with Gasteiger partial charge in [0.2, 0.25) is 11.1 Å². The maximum Gasteiger partial charge on any atom is 0.233 e. The van der Waals surface area contributed by atoms with Gasteiger partial charge in [-0.1, -0.05) is 0 Å². The van der Waals surface area contributed by atoms with E-state index in [-0.39, 0.29) is 0 Å². The topological polar surface area (TPSA) is 77.0 Å². The number of nitrogens with two attached hydrogens (primary N) is 1. The Balaban J connectivity index is 1.93. The fourth-order valence-electron chi connectivity index (χ4n) is 0.878. The molecule has 5 nitrogen and oxygen atoms in total.